The lowest BCUT2D eigenvalue weighted by Crippen LogP contribution is -2.36. The van der Waals surface area contributed by atoms with Crippen molar-refractivity contribution >= 4 is 77.5 Å². The Hall–Kier alpha value is -4.96. The first kappa shape index (κ1) is 48.5. The van der Waals surface area contributed by atoms with Gasteiger partial charge in [0.1, 0.15) is 24.5 Å². The molecular weight excluding hydrogens is 841 g/mol. The van der Waals surface area contributed by atoms with Crippen molar-refractivity contribution in [2.45, 2.75) is 90.9 Å². The van der Waals surface area contributed by atoms with Gasteiger partial charge in [0.2, 0.25) is 11.0 Å². The monoisotopic (exact) mass is 904 g/mol. The summed E-state index contributed by atoms with van der Waals surface area (Å²) in [6.45, 7) is 10.6. The predicted octanol–water partition coefficient (Wildman–Crippen LogP) is 10.2. The summed E-state index contributed by atoms with van der Waals surface area (Å²) in [5, 5.41) is 60.2. The number of fused-ring (bicyclic) bond motifs is 2. The van der Waals surface area contributed by atoms with Gasteiger partial charge in [-0.1, -0.05) is 45.9 Å². The lowest BCUT2D eigenvalue weighted by molar-refractivity contribution is -0.671. The minimum absolute atomic E-state index is 0.437. The van der Waals surface area contributed by atoms with Gasteiger partial charge in [-0.3, -0.25) is 0 Å². The average molecular weight is 905 g/mol. The number of aliphatic hydroxyl groups is 4. The van der Waals surface area contributed by atoms with Gasteiger partial charge in [-0.2, -0.15) is 19.4 Å². The summed E-state index contributed by atoms with van der Waals surface area (Å²) in [4.78, 5) is 3.94. The highest BCUT2D eigenvalue weighted by Gasteiger charge is 2.16. The zero-order valence-corrected chi connectivity index (χ0v) is 39.2. The van der Waals surface area contributed by atoms with E-state index in [9.17, 15) is 20.4 Å². The second kappa shape index (κ2) is 24.9. The quantitative estimate of drug-likeness (QED) is 0.0192. The smallest absolute Gasteiger partial charge is 0.214 e. The van der Waals surface area contributed by atoms with Crippen molar-refractivity contribution in [1.82, 2.24) is 0 Å². The molecule has 2 aromatic heterocycles. The number of azo groups is 2. The normalized spacial score (nSPS) is 13.8. The summed E-state index contributed by atoms with van der Waals surface area (Å²) < 4.78 is 4.62. The standard InChI is InChI=1S/C50H64N8O4S2/c1-37(59)33-57(34-38(2)60)43-21-17-41(18-22-43)51-53-47-25-29-55(49-15-7-5-13-45(47)49)27-9-11-31-63-64-32-12-10-28-56-30-26-48(46-14-6-8-16-50(46)56)54-52-42-19-23-44(24-20-42)58(35-39(3)61)36-40(4)62/h5-8,13-26,29-30,37-40,59-62H,9-12,27-28,31-36H2,1-4H3/q+2. The lowest BCUT2D eigenvalue weighted by atomic mass is 10.2. The summed E-state index contributed by atoms with van der Waals surface area (Å²) >= 11 is 0. The van der Waals surface area contributed by atoms with E-state index in [0.717, 1.165) is 106 Å². The van der Waals surface area contributed by atoms with Crippen molar-refractivity contribution in [3.05, 3.63) is 122 Å². The van der Waals surface area contributed by atoms with Crippen molar-refractivity contribution in [2.75, 3.05) is 47.5 Å². The Labute approximate surface area is 385 Å². The minimum atomic E-state index is -0.509. The number of rotatable bonds is 25. The Bertz CT molecular complexity index is 2220. The van der Waals surface area contributed by atoms with Gasteiger partial charge in [-0.25, -0.2) is 0 Å². The van der Waals surface area contributed by atoms with E-state index in [2.05, 4.69) is 78.4 Å². The van der Waals surface area contributed by atoms with Gasteiger partial charge in [-0.15, -0.1) is 10.2 Å². The fourth-order valence-corrected chi connectivity index (χ4v) is 9.93. The maximum absolute atomic E-state index is 9.93. The molecule has 4 aromatic carbocycles. The molecule has 0 aliphatic heterocycles. The molecule has 0 radical (unpaired) electrons. The van der Waals surface area contributed by atoms with Crippen molar-refractivity contribution in [3.8, 4) is 0 Å². The molecule has 338 valence electrons. The van der Waals surface area contributed by atoms with E-state index in [-0.39, 0.29) is 0 Å². The van der Waals surface area contributed by atoms with Crippen LogP contribution in [0.3, 0.4) is 0 Å². The van der Waals surface area contributed by atoms with Gasteiger partial charge in [0, 0.05) is 86.2 Å². The van der Waals surface area contributed by atoms with E-state index in [1.807, 2.05) is 104 Å². The highest BCUT2D eigenvalue weighted by atomic mass is 33.1. The Morgan fingerprint density at radius 2 is 0.812 bits per heavy atom. The molecule has 0 bridgehead atoms. The maximum atomic E-state index is 9.93. The average Bonchev–Trinajstić information content (AvgIpc) is 3.28. The van der Waals surface area contributed by atoms with Crippen LogP contribution in [-0.2, 0) is 13.1 Å². The minimum Gasteiger partial charge on any atom is -0.392 e. The van der Waals surface area contributed by atoms with Crippen LogP contribution in [-0.4, -0.2) is 82.5 Å². The number of aliphatic hydroxyl groups excluding tert-OH is 4. The van der Waals surface area contributed by atoms with Crippen LogP contribution in [0.2, 0.25) is 0 Å². The molecule has 12 nitrogen and oxygen atoms in total. The SMILES string of the molecule is CC(O)CN(CC(C)O)c1ccc(/N=N/c2cc[n+](CCCCSSCCCC[n+]3ccc(/N=N/c4ccc(N(CC(C)O)CC(C)O)cc4)c4ccccc43)c3ccccc23)cc1. The highest BCUT2D eigenvalue weighted by molar-refractivity contribution is 8.76. The fraction of sp³-hybridized carbons (Fsp3) is 0.400. The Morgan fingerprint density at radius 3 is 1.17 bits per heavy atom. The molecule has 0 saturated heterocycles. The van der Waals surface area contributed by atoms with Crippen LogP contribution in [0.25, 0.3) is 21.8 Å². The Balaban J connectivity index is 0.921. The number of para-hydroxylation sites is 2. The van der Waals surface area contributed by atoms with Gasteiger partial charge in [0.15, 0.2) is 12.4 Å². The molecule has 4 atom stereocenters. The number of benzene rings is 4. The van der Waals surface area contributed by atoms with Crippen molar-refractivity contribution in [2.24, 2.45) is 20.5 Å². The molecule has 14 heteroatoms. The Morgan fingerprint density at radius 1 is 0.453 bits per heavy atom. The highest BCUT2D eigenvalue weighted by Crippen LogP contribution is 2.30. The molecule has 0 fully saturated rings. The third kappa shape index (κ3) is 14.8. The van der Waals surface area contributed by atoms with Gasteiger partial charge in [0.05, 0.1) is 46.6 Å². The van der Waals surface area contributed by atoms with Crippen LogP contribution in [0.15, 0.2) is 142 Å². The third-order valence-electron chi connectivity index (χ3n) is 10.6. The first-order valence-electron chi connectivity index (χ1n) is 22.4. The molecule has 0 aliphatic rings. The van der Waals surface area contributed by atoms with Crippen molar-refractivity contribution in [1.29, 1.82) is 0 Å². The zero-order valence-electron chi connectivity index (χ0n) is 37.5. The molecule has 6 rings (SSSR count). The molecule has 64 heavy (non-hydrogen) atoms. The molecular formula is C50H64N8O4S2+2. The number of nitrogens with zero attached hydrogens (tertiary/aromatic N) is 8. The molecule has 2 heterocycles. The summed E-state index contributed by atoms with van der Waals surface area (Å²) in [6.07, 6.45) is 6.67. The third-order valence-corrected chi connectivity index (χ3v) is 13.1. The number of hydrogen-bond donors (Lipinski definition) is 4. The van der Waals surface area contributed by atoms with Crippen molar-refractivity contribution in [3.63, 3.8) is 0 Å². The predicted molar refractivity (Wildman–Crippen MR) is 264 cm³/mol. The molecule has 0 saturated carbocycles. The number of aromatic nitrogens is 2. The van der Waals surface area contributed by atoms with Crippen LogP contribution < -0.4 is 18.9 Å². The number of anilines is 2. The topological polar surface area (TPSA) is 145 Å². The second-order valence-electron chi connectivity index (χ2n) is 16.5. The molecule has 0 amide bonds. The van der Waals surface area contributed by atoms with Gasteiger partial charge >= 0.3 is 0 Å². The van der Waals surface area contributed by atoms with Crippen molar-refractivity contribution < 1.29 is 29.6 Å². The second-order valence-corrected chi connectivity index (χ2v) is 19.2. The van der Waals surface area contributed by atoms with E-state index in [1.54, 1.807) is 27.7 Å². The van der Waals surface area contributed by atoms with E-state index < -0.39 is 24.4 Å². The molecule has 6 aromatic rings. The maximum Gasteiger partial charge on any atom is 0.214 e. The first-order chi connectivity index (χ1) is 31.0. The molecule has 4 N–H and O–H groups in total. The summed E-state index contributed by atoms with van der Waals surface area (Å²) in [5.41, 5.74) is 7.24. The summed E-state index contributed by atoms with van der Waals surface area (Å²) in [7, 11) is 3.94. The van der Waals surface area contributed by atoms with Crippen LogP contribution in [0, 0.1) is 0 Å². The zero-order chi connectivity index (χ0) is 45.3. The molecule has 0 aliphatic carbocycles. The van der Waals surface area contributed by atoms with Crippen LogP contribution in [0.5, 0.6) is 0 Å². The first-order valence-corrected chi connectivity index (χ1v) is 24.9. The molecule has 0 spiro atoms. The lowest BCUT2D eigenvalue weighted by Gasteiger charge is -2.27. The summed E-state index contributed by atoms with van der Waals surface area (Å²) in [5.74, 6) is 2.24. The van der Waals surface area contributed by atoms with Gasteiger partial charge in [-0.05, 0) is 101 Å². The largest absolute Gasteiger partial charge is 0.392 e. The number of unbranched alkanes of at least 4 members (excludes halogenated alkanes) is 2. The molecule has 4 unspecified atom stereocenters. The fourth-order valence-electron chi connectivity index (χ4n) is 7.64. The van der Waals surface area contributed by atoms with E-state index in [0.29, 0.717) is 26.2 Å². The van der Waals surface area contributed by atoms with E-state index in [1.165, 1.54) is 0 Å². The Kier molecular flexibility index (Phi) is 18.9. The summed E-state index contributed by atoms with van der Waals surface area (Å²) in [6, 6.07) is 36.2. The van der Waals surface area contributed by atoms with Crippen LogP contribution in [0.1, 0.15) is 53.4 Å². The van der Waals surface area contributed by atoms with E-state index in [4.69, 9.17) is 0 Å². The van der Waals surface area contributed by atoms with Gasteiger partial charge in [0.25, 0.3) is 0 Å². The van der Waals surface area contributed by atoms with E-state index >= 15 is 0 Å². The number of pyridine rings is 2. The van der Waals surface area contributed by atoms with Crippen LogP contribution in [0.4, 0.5) is 34.1 Å². The number of aryl methyl sites for hydroxylation is 2. The van der Waals surface area contributed by atoms with Gasteiger partial charge < -0.3 is 30.2 Å². The van der Waals surface area contributed by atoms with Crippen LogP contribution >= 0.6 is 21.6 Å². The number of hydrogen-bond acceptors (Lipinski definition) is 12.